The second kappa shape index (κ2) is 24.1. The van der Waals surface area contributed by atoms with Crippen molar-refractivity contribution in [2.45, 2.75) is 162 Å². The normalized spacial score (nSPS) is 20.7. The number of hydrogen-bond acceptors (Lipinski definition) is 6. The highest BCUT2D eigenvalue weighted by Gasteiger charge is 2.56. The number of rotatable bonds is 14. The molecule has 6 aromatic heterocycles. The summed E-state index contributed by atoms with van der Waals surface area (Å²) in [6.07, 6.45) is 13.2. The molecule has 0 atom stereocenters. The predicted molar refractivity (Wildman–Crippen MR) is 365 cm³/mol. The summed E-state index contributed by atoms with van der Waals surface area (Å²) < 4.78 is 49.0. The Kier molecular flexibility index (Phi) is 16.0. The summed E-state index contributed by atoms with van der Waals surface area (Å²) in [5.41, 5.74) is 18.9. The van der Waals surface area contributed by atoms with E-state index in [0.29, 0.717) is 34.4 Å². The van der Waals surface area contributed by atoms with Crippen LogP contribution in [0.5, 0.6) is 0 Å². The van der Waals surface area contributed by atoms with Crippen molar-refractivity contribution in [3.63, 3.8) is 0 Å². The van der Waals surface area contributed by atoms with Gasteiger partial charge in [0.05, 0.1) is 57.6 Å². The van der Waals surface area contributed by atoms with Crippen molar-refractivity contribution in [2.75, 3.05) is 0 Å². The molecule has 0 amide bonds. The molecule has 6 aromatic carbocycles. The minimum absolute atomic E-state index is 0.177. The van der Waals surface area contributed by atoms with E-state index in [1.54, 1.807) is 26.8 Å². The predicted octanol–water partition coefficient (Wildman–Crippen LogP) is 18.5. The molecular formula is C77H80F3N9O6. The van der Waals surface area contributed by atoms with Gasteiger partial charge in [0.25, 0.3) is 0 Å². The maximum Gasteiger partial charge on any atom is 0.306 e. The molecule has 4 aliphatic rings. The van der Waals surface area contributed by atoms with Gasteiger partial charge in [-0.2, -0.15) is 15.3 Å². The van der Waals surface area contributed by atoms with Gasteiger partial charge in [-0.15, -0.1) is 0 Å². The quantitative estimate of drug-likeness (QED) is 0.0610. The summed E-state index contributed by atoms with van der Waals surface area (Å²) in [4.78, 5) is 33.7. The van der Waals surface area contributed by atoms with E-state index in [4.69, 9.17) is 0 Å². The third-order valence-corrected chi connectivity index (χ3v) is 21.3. The van der Waals surface area contributed by atoms with Gasteiger partial charge in [-0.05, 0) is 249 Å². The first-order chi connectivity index (χ1) is 45.4. The van der Waals surface area contributed by atoms with Gasteiger partial charge >= 0.3 is 17.9 Å². The number of aryl methyl sites for hydroxylation is 3. The lowest BCUT2D eigenvalue weighted by Gasteiger charge is -2.57. The van der Waals surface area contributed by atoms with Crippen LogP contribution >= 0.6 is 0 Å². The van der Waals surface area contributed by atoms with E-state index in [-0.39, 0.29) is 71.2 Å². The molecule has 12 aromatic rings. The van der Waals surface area contributed by atoms with E-state index in [9.17, 15) is 42.9 Å². The zero-order valence-corrected chi connectivity index (χ0v) is 55.0. The fourth-order valence-corrected chi connectivity index (χ4v) is 16.9. The Morgan fingerprint density at radius 1 is 0.474 bits per heavy atom. The fourth-order valence-electron chi connectivity index (χ4n) is 16.9. The lowest BCUT2D eigenvalue weighted by Crippen LogP contribution is -2.49. The van der Waals surface area contributed by atoms with Gasteiger partial charge in [-0.3, -0.25) is 29.7 Å². The summed E-state index contributed by atoms with van der Waals surface area (Å²) in [7, 11) is 0. The van der Waals surface area contributed by atoms with E-state index < -0.39 is 17.9 Å². The fraction of sp³-hybridized carbons (Fsp3) is 0.377. The van der Waals surface area contributed by atoms with Crippen LogP contribution in [0.2, 0.25) is 0 Å². The Morgan fingerprint density at radius 2 is 0.789 bits per heavy atom. The van der Waals surface area contributed by atoms with Crippen LogP contribution in [0, 0.1) is 61.4 Å². The molecule has 6 heterocycles. The molecule has 6 N–H and O–H groups in total. The number of fused-ring (bicyclic) bond motifs is 6. The smallest absolute Gasteiger partial charge is 0.306 e. The number of nitrogens with one attached hydrogen (secondary N) is 3. The maximum absolute atomic E-state index is 14.1. The molecule has 18 heteroatoms. The Labute approximate surface area is 547 Å². The monoisotopic (exact) mass is 1280 g/mol. The van der Waals surface area contributed by atoms with E-state index >= 15 is 0 Å². The highest BCUT2D eigenvalue weighted by atomic mass is 19.1. The summed E-state index contributed by atoms with van der Waals surface area (Å²) in [5.74, 6) is -0.606. The number of carboxylic acid groups (broad SMARTS) is 3. The van der Waals surface area contributed by atoms with E-state index in [2.05, 4.69) is 122 Å². The van der Waals surface area contributed by atoms with Gasteiger partial charge in [-0.25, -0.2) is 13.2 Å². The number of aromatic nitrogens is 9. The molecule has 16 rings (SSSR count). The molecule has 0 unspecified atom stereocenters. The second-order valence-corrected chi connectivity index (χ2v) is 29.0. The van der Waals surface area contributed by atoms with Gasteiger partial charge in [0.2, 0.25) is 0 Å². The van der Waals surface area contributed by atoms with Crippen LogP contribution < -0.4 is 0 Å². The van der Waals surface area contributed by atoms with Gasteiger partial charge in [0.15, 0.2) is 0 Å². The largest absolute Gasteiger partial charge is 0.481 e. The zero-order chi connectivity index (χ0) is 66.8. The molecular weight excluding hydrogens is 1200 g/mol. The average molecular weight is 1280 g/mol. The van der Waals surface area contributed by atoms with Crippen molar-refractivity contribution in [2.24, 2.45) is 23.2 Å². The summed E-state index contributed by atoms with van der Waals surface area (Å²) in [6.45, 7) is 18.6. The van der Waals surface area contributed by atoms with Crippen LogP contribution in [0.3, 0.4) is 0 Å². The van der Waals surface area contributed by atoms with Gasteiger partial charge in [-0.1, -0.05) is 41.5 Å². The summed E-state index contributed by atoms with van der Waals surface area (Å²) in [6, 6.07) is 28.9. The van der Waals surface area contributed by atoms with Crippen molar-refractivity contribution in [1.29, 1.82) is 0 Å². The lowest BCUT2D eigenvalue weighted by molar-refractivity contribution is -0.155. The molecule has 95 heavy (non-hydrogen) atoms. The van der Waals surface area contributed by atoms with E-state index in [1.165, 1.54) is 62.1 Å². The minimum Gasteiger partial charge on any atom is -0.481 e. The van der Waals surface area contributed by atoms with E-state index in [0.717, 1.165) is 118 Å². The van der Waals surface area contributed by atoms with Crippen LogP contribution in [-0.2, 0) is 14.4 Å². The zero-order valence-electron chi connectivity index (χ0n) is 55.0. The highest BCUT2D eigenvalue weighted by molar-refractivity contribution is 6.01. The molecule has 0 saturated heterocycles. The highest BCUT2D eigenvalue weighted by Crippen LogP contribution is 2.65. The number of aromatic amines is 3. The van der Waals surface area contributed by atoms with Gasteiger partial charge < -0.3 is 29.0 Å². The standard InChI is InChI=1S/C27H28FN3O2.2C25H26FN3O2/c1-14(2)25-24(17-9-27(10-17)11-18(12-27)26(32)33)20-8-22-16(13-29-30-22)7-23(20)31(25)19-4-5-21(28)15(3)6-19;2*1-13(2)25-24(16-7-15(8-16)9-23(30)31)19-11-21-17(12-27-28-21)10-22(19)29(25)18-4-5-20(26)14(3)6-18/h4-8,13-14,17-18H,9-12H2,1-3H3,(H,29,30)(H,32,33);2*4-6,10-13,15-16H,7-9H2,1-3H3,(H,27,28)(H,30,31). The Balaban J connectivity index is 0.000000123. The van der Waals surface area contributed by atoms with Gasteiger partial charge in [0.1, 0.15) is 17.5 Å². The molecule has 0 radical (unpaired) electrons. The number of H-pyrrole nitrogens is 3. The molecule has 490 valence electrons. The van der Waals surface area contributed by atoms with Crippen molar-refractivity contribution in [1.82, 2.24) is 44.3 Å². The Bertz CT molecular complexity index is 4830. The topological polar surface area (TPSA) is 213 Å². The minimum atomic E-state index is -0.726. The number of hydrogen-bond donors (Lipinski definition) is 6. The number of carboxylic acids is 3. The van der Waals surface area contributed by atoms with E-state index in [1.807, 2.05) is 55.0 Å². The van der Waals surface area contributed by atoms with Crippen LogP contribution in [0.1, 0.15) is 192 Å². The third kappa shape index (κ3) is 11.1. The van der Waals surface area contributed by atoms with Crippen LogP contribution in [0.15, 0.2) is 110 Å². The number of benzene rings is 6. The molecule has 0 aliphatic heterocycles. The summed E-state index contributed by atoms with van der Waals surface area (Å²) in [5, 5.41) is 56.2. The lowest BCUT2D eigenvalue weighted by atomic mass is 9.47. The molecule has 4 saturated carbocycles. The van der Waals surface area contributed by atoms with Crippen molar-refractivity contribution < 1.29 is 42.9 Å². The van der Waals surface area contributed by atoms with Crippen molar-refractivity contribution in [3.05, 3.63) is 178 Å². The average Bonchev–Trinajstić information content (AvgIpc) is 1.69. The molecule has 15 nitrogen and oxygen atoms in total. The number of aliphatic carboxylic acids is 3. The number of carbonyl (C=O) groups is 3. The number of halogens is 3. The molecule has 1 spiro atoms. The Hall–Kier alpha value is -9.45. The van der Waals surface area contributed by atoms with Crippen LogP contribution in [0.25, 0.3) is 82.5 Å². The van der Waals surface area contributed by atoms with Crippen molar-refractivity contribution in [3.8, 4) is 17.1 Å². The first-order valence-corrected chi connectivity index (χ1v) is 33.4. The SMILES string of the molecule is Cc1cc(-n2c(C(C)C)c(C3CC(CC(=O)O)C3)c3cc4[nH]ncc4cc32)ccc1F.Cc1cc(-n2c(C(C)C)c(C3CC(CC(=O)O)C3)c3cc4[nH]ncc4cc32)ccc1F.Cc1cc(-n2c(C(C)C)c(C3CC4(CC(C(=O)O)C4)C3)c3cc4[nH]ncc4cc32)ccc1F. The summed E-state index contributed by atoms with van der Waals surface area (Å²) >= 11 is 0. The molecule has 4 aliphatic carbocycles. The van der Waals surface area contributed by atoms with Gasteiger partial charge in [0, 0.05) is 79.3 Å². The first-order valence-electron chi connectivity index (χ1n) is 33.4. The van der Waals surface area contributed by atoms with Crippen LogP contribution in [-0.4, -0.2) is 77.5 Å². The second-order valence-electron chi connectivity index (χ2n) is 29.0. The first kappa shape index (κ1) is 63.0. The molecule has 0 bridgehead atoms. The Morgan fingerprint density at radius 3 is 1.07 bits per heavy atom. The van der Waals surface area contributed by atoms with Crippen LogP contribution in [0.4, 0.5) is 13.2 Å². The maximum atomic E-state index is 14.1. The number of nitrogens with zero attached hydrogens (tertiary/aromatic N) is 6. The third-order valence-electron chi connectivity index (χ3n) is 21.3. The van der Waals surface area contributed by atoms with Crippen molar-refractivity contribution >= 4 is 83.3 Å². The molecule has 4 fully saturated rings.